The van der Waals surface area contributed by atoms with Crippen LogP contribution in [0.5, 0.6) is 0 Å². The molecule has 0 spiro atoms. The quantitative estimate of drug-likeness (QED) is 0.295. The maximum absolute atomic E-state index is 14.1. The summed E-state index contributed by atoms with van der Waals surface area (Å²) in [5.74, 6) is -0.528. The monoisotopic (exact) mass is 583 g/mol. The molecule has 0 bridgehead atoms. The van der Waals surface area contributed by atoms with Crippen LogP contribution in [0.3, 0.4) is 0 Å². The molecular formula is C31H38ClN3O4S. The number of hydrogen-bond donors (Lipinski definition) is 1. The van der Waals surface area contributed by atoms with Crippen molar-refractivity contribution in [2.45, 2.75) is 58.5 Å². The van der Waals surface area contributed by atoms with Crippen molar-refractivity contribution in [2.24, 2.45) is 5.92 Å². The van der Waals surface area contributed by atoms with Crippen molar-refractivity contribution in [3.8, 4) is 0 Å². The number of sulfonamides is 1. The Hall–Kier alpha value is -3.36. The summed E-state index contributed by atoms with van der Waals surface area (Å²) in [6.45, 7) is 9.68. The number of nitrogens with zero attached hydrogens (tertiary/aromatic N) is 2. The van der Waals surface area contributed by atoms with Gasteiger partial charge in [-0.05, 0) is 61.6 Å². The summed E-state index contributed by atoms with van der Waals surface area (Å²) in [7, 11) is -4.15. The van der Waals surface area contributed by atoms with Crippen LogP contribution in [0.2, 0.25) is 5.02 Å². The average molecular weight is 584 g/mol. The molecule has 40 heavy (non-hydrogen) atoms. The van der Waals surface area contributed by atoms with Crippen LogP contribution in [0, 0.1) is 19.8 Å². The van der Waals surface area contributed by atoms with Crippen LogP contribution in [-0.4, -0.2) is 44.3 Å². The largest absolute Gasteiger partial charge is 0.354 e. The Bertz CT molecular complexity index is 1430. The zero-order valence-electron chi connectivity index (χ0n) is 23.7. The van der Waals surface area contributed by atoms with E-state index in [9.17, 15) is 18.0 Å². The van der Waals surface area contributed by atoms with Gasteiger partial charge in [0.25, 0.3) is 10.0 Å². The van der Waals surface area contributed by atoms with E-state index in [1.165, 1.54) is 17.0 Å². The topological polar surface area (TPSA) is 86.8 Å². The van der Waals surface area contributed by atoms with Gasteiger partial charge >= 0.3 is 0 Å². The molecule has 9 heteroatoms. The van der Waals surface area contributed by atoms with Crippen LogP contribution >= 0.6 is 11.6 Å². The Morgan fingerprint density at radius 2 is 1.65 bits per heavy atom. The molecule has 3 rings (SSSR count). The summed E-state index contributed by atoms with van der Waals surface area (Å²) in [5, 5.41) is 3.29. The lowest BCUT2D eigenvalue weighted by Crippen LogP contribution is -2.52. The summed E-state index contributed by atoms with van der Waals surface area (Å²) in [5.41, 5.74) is 2.81. The van der Waals surface area contributed by atoms with Gasteiger partial charge in [-0.2, -0.15) is 0 Å². The van der Waals surface area contributed by atoms with Crippen molar-refractivity contribution in [1.29, 1.82) is 0 Å². The minimum absolute atomic E-state index is 0.0501. The van der Waals surface area contributed by atoms with Crippen LogP contribution in [0.25, 0.3) is 0 Å². The first kappa shape index (κ1) is 31.2. The number of amides is 2. The first-order valence-electron chi connectivity index (χ1n) is 13.4. The predicted octanol–water partition coefficient (Wildman–Crippen LogP) is 5.73. The minimum Gasteiger partial charge on any atom is -0.354 e. The molecule has 0 aliphatic rings. The van der Waals surface area contributed by atoms with E-state index >= 15 is 0 Å². The Labute approximate surface area is 243 Å². The Balaban J connectivity index is 2.08. The summed E-state index contributed by atoms with van der Waals surface area (Å²) >= 11 is 6.28. The van der Waals surface area contributed by atoms with Crippen molar-refractivity contribution < 1.29 is 18.0 Å². The van der Waals surface area contributed by atoms with E-state index in [0.29, 0.717) is 29.2 Å². The second-order valence-electron chi connectivity index (χ2n) is 10.3. The van der Waals surface area contributed by atoms with Crippen LogP contribution in [0.4, 0.5) is 5.69 Å². The van der Waals surface area contributed by atoms with Crippen molar-refractivity contribution in [2.75, 3.05) is 17.4 Å². The first-order chi connectivity index (χ1) is 18.9. The van der Waals surface area contributed by atoms with Crippen LogP contribution in [0.15, 0.2) is 77.7 Å². The molecule has 0 saturated heterocycles. The molecule has 7 nitrogen and oxygen atoms in total. The fourth-order valence-electron chi connectivity index (χ4n) is 4.43. The highest BCUT2D eigenvalue weighted by Crippen LogP contribution is 2.30. The number of rotatable bonds is 12. The molecule has 0 fully saturated rings. The fraction of sp³-hybridized carbons (Fsp3) is 0.355. The number of anilines is 1. The van der Waals surface area contributed by atoms with Gasteiger partial charge in [0.15, 0.2) is 0 Å². The van der Waals surface area contributed by atoms with E-state index in [1.54, 1.807) is 43.3 Å². The summed E-state index contributed by atoms with van der Waals surface area (Å²) < 4.78 is 29.0. The molecule has 0 saturated carbocycles. The number of carbonyl (C=O) groups is 2. The first-order valence-corrected chi connectivity index (χ1v) is 15.2. The van der Waals surface area contributed by atoms with Crippen LogP contribution in [-0.2, 0) is 26.2 Å². The Morgan fingerprint density at radius 1 is 0.950 bits per heavy atom. The van der Waals surface area contributed by atoms with Gasteiger partial charge in [0.2, 0.25) is 11.8 Å². The molecule has 1 N–H and O–H groups in total. The zero-order valence-corrected chi connectivity index (χ0v) is 25.3. The van der Waals surface area contributed by atoms with E-state index in [2.05, 4.69) is 5.32 Å². The smallest absolute Gasteiger partial charge is 0.264 e. The average Bonchev–Trinajstić information content (AvgIpc) is 2.92. The fourth-order valence-corrected chi connectivity index (χ4v) is 6.09. The maximum Gasteiger partial charge on any atom is 0.264 e. The van der Waals surface area contributed by atoms with Crippen molar-refractivity contribution in [3.05, 3.63) is 94.5 Å². The number of benzene rings is 3. The molecular weight excluding hydrogens is 546 g/mol. The SMILES string of the molecule is CC[C@@H](C(=O)NCC(C)C)N(Cc1cccc(C)c1)C(=O)CN(c1cc(Cl)ccc1C)S(=O)(=O)c1ccccc1. The third-order valence-electron chi connectivity index (χ3n) is 6.56. The lowest BCUT2D eigenvalue weighted by Gasteiger charge is -2.33. The number of halogens is 1. The maximum atomic E-state index is 14.1. The van der Waals surface area contributed by atoms with E-state index in [4.69, 9.17) is 11.6 Å². The molecule has 0 heterocycles. The highest BCUT2D eigenvalue weighted by Gasteiger charge is 2.34. The standard InChI is InChI=1S/C31H38ClN3O4S/c1-6-28(31(37)33-19-22(2)3)34(20-25-12-10-11-23(4)17-25)30(36)21-35(29-18-26(32)16-15-24(29)5)40(38,39)27-13-8-7-9-14-27/h7-18,22,28H,6,19-21H2,1-5H3,(H,33,37)/t28-/m0/s1. The van der Waals surface area contributed by atoms with Gasteiger partial charge < -0.3 is 10.2 Å². The van der Waals surface area contributed by atoms with Crippen molar-refractivity contribution >= 4 is 39.1 Å². The van der Waals surface area contributed by atoms with Gasteiger partial charge in [0, 0.05) is 18.1 Å². The third kappa shape index (κ3) is 7.86. The summed E-state index contributed by atoms with van der Waals surface area (Å²) in [6, 6.07) is 19.8. The number of nitrogens with one attached hydrogen (secondary N) is 1. The van der Waals surface area contributed by atoms with E-state index in [1.807, 2.05) is 52.0 Å². The molecule has 3 aromatic carbocycles. The van der Waals surface area contributed by atoms with Gasteiger partial charge in [0.05, 0.1) is 10.6 Å². The lowest BCUT2D eigenvalue weighted by molar-refractivity contribution is -0.140. The number of aryl methyl sites for hydroxylation is 2. The highest BCUT2D eigenvalue weighted by molar-refractivity contribution is 7.92. The predicted molar refractivity (Wildman–Crippen MR) is 161 cm³/mol. The second kappa shape index (κ2) is 13.8. The number of hydrogen-bond acceptors (Lipinski definition) is 4. The zero-order chi connectivity index (χ0) is 29.4. The molecule has 0 aromatic heterocycles. The lowest BCUT2D eigenvalue weighted by atomic mass is 10.1. The molecule has 3 aromatic rings. The minimum atomic E-state index is -4.15. The molecule has 0 aliphatic carbocycles. The van der Waals surface area contributed by atoms with Crippen LogP contribution < -0.4 is 9.62 Å². The Kier molecular flexibility index (Phi) is 10.8. The molecule has 0 unspecified atom stereocenters. The summed E-state index contributed by atoms with van der Waals surface area (Å²) in [4.78, 5) is 29.0. The molecule has 0 radical (unpaired) electrons. The van der Waals surface area contributed by atoms with E-state index < -0.39 is 28.5 Å². The van der Waals surface area contributed by atoms with Gasteiger partial charge in [0.1, 0.15) is 12.6 Å². The van der Waals surface area contributed by atoms with Gasteiger partial charge in [-0.15, -0.1) is 0 Å². The van der Waals surface area contributed by atoms with Gasteiger partial charge in [-0.1, -0.05) is 86.5 Å². The van der Waals surface area contributed by atoms with Gasteiger partial charge in [-0.25, -0.2) is 8.42 Å². The van der Waals surface area contributed by atoms with Crippen molar-refractivity contribution in [1.82, 2.24) is 10.2 Å². The number of carbonyl (C=O) groups excluding carboxylic acids is 2. The Morgan fingerprint density at radius 3 is 2.27 bits per heavy atom. The van der Waals surface area contributed by atoms with Gasteiger partial charge in [-0.3, -0.25) is 13.9 Å². The van der Waals surface area contributed by atoms with E-state index in [-0.39, 0.29) is 23.3 Å². The highest BCUT2D eigenvalue weighted by atomic mass is 35.5. The third-order valence-corrected chi connectivity index (χ3v) is 8.56. The molecule has 1 atom stereocenters. The molecule has 2 amide bonds. The normalized spacial score (nSPS) is 12.2. The van der Waals surface area contributed by atoms with E-state index in [0.717, 1.165) is 15.4 Å². The molecule has 214 valence electrons. The molecule has 0 aliphatic heterocycles. The van der Waals surface area contributed by atoms with Crippen LogP contribution in [0.1, 0.15) is 43.9 Å². The second-order valence-corrected chi connectivity index (χ2v) is 12.6. The van der Waals surface area contributed by atoms with Crippen molar-refractivity contribution in [3.63, 3.8) is 0 Å². The summed E-state index contributed by atoms with van der Waals surface area (Å²) in [6.07, 6.45) is 0.364.